The van der Waals surface area contributed by atoms with Gasteiger partial charge in [-0.05, 0) is 68.3 Å². The lowest BCUT2D eigenvalue weighted by molar-refractivity contribution is -0.116. The van der Waals surface area contributed by atoms with Gasteiger partial charge in [0.2, 0.25) is 5.91 Å². The molecule has 6 nitrogen and oxygen atoms in total. The van der Waals surface area contributed by atoms with Crippen LogP contribution < -0.4 is 14.8 Å². The van der Waals surface area contributed by atoms with Gasteiger partial charge < -0.3 is 19.3 Å². The van der Waals surface area contributed by atoms with Crippen molar-refractivity contribution in [1.82, 2.24) is 5.16 Å². The van der Waals surface area contributed by atoms with Crippen molar-refractivity contribution in [1.29, 1.82) is 0 Å². The van der Waals surface area contributed by atoms with Gasteiger partial charge in [-0.15, -0.1) is 0 Å². The molecule has 0 saturated carbocycles. The summed E-state index contributed by atoms with van der Waals surface area (Å²) in [4.78, 5) is 12.1. The summed E-state index contributed by atoms with van der Waals surface area (Å²) in [5, 5.41) is 6.98. The Hall–Kier alpha value is -3.28. The number of hydrogen-bond donors (Lipinski definition) is 1. The third-order valence-corrected chi connectivity index (χ3v) is 4.22. The minimum atomic E-state index is -0.0250. The molecule has 1 heterocycles. The third kappa shape index (κ3) is 5.36. The van der Waals surface area contributed by atoms with Gasteiger partial charge >= 0.3 is 0 Å². The lowest BCUT2D eigenvalue weighted by Gasteiger charge is -2.06. The molecule has 0 unspecified atom stereocenters. The van der Waals surface area contributed by atoms with E-state index in [1.54, 1.807) is 7.11 Å². The van der Waals surface area contributed by atoms with Crippen LogP contribution in [-0.4, -0.2) is 24.8 Å². The molecule has 3 rings (SSSR count). The predicted octanol–water partition coefficient (Wildman–Crippen LogP) is 4.71. The van der Waals surface area contributed by atoms with Gasteiger partial charge in [-0.2, -0.15) is 0 Å². The summed E-state index contributed by atoms with van der Waals surface area (Å²) >= 11 is 0. The number of carbonyl (C=O) groups excluding carboxylic acids is 1. The Kier molecular flexibility index (Phi) is 6.68. The first kappa shape index (κ1) is 19.5. The smallest absolute Gasteiger partial charge is 0.224 e. The van der Waals surface area contributed by atoms with Gasteiger partial charge in [0.05, 0.1) is 19.4 Å². The molecule has 0 fully saturated rings. The van der Waals surface area contributed by atoms with Crippen molar-refractivity contribution in [2.45, 2.75) is 26.2 Å². The zero-order chi connectivity index (χ0) is 19.8. The molecular weight excluding hydrogens is 356 g/mol. The number of anilines is 1. The molecule has 0 saturated heterocycles. The molecular formula is C22H24N2O4. The predicted molar refractivity (Wildman–Crippen MR) is 108 cm³/mol. The summed E-state index contributed by atoms with van der Waals surface area (Å²) in [6, 6.07) is 16.9. The van der Waals surface area contributed by atoms with E-state index >= 15 is 0 Å². The van der Waals surface area contributed by atoms with E-state index in [0.29, 0.717) is 31.6 Å². The average molecular weight is 380 g/mol. The van der Waals surface area contributed by atoms with E-state index in [-0.39, 0.29) is 5.91 Å². The summed E-state index contributed by atoms with van der Waals surface area (Å²) in [6.45, 7) is 2.55. The van der Waals surface area contributed by atoms with Crippen molar-refractivity contribution >= 4 is 11.6 Å². The van der Waals surface area contributed by atoms with Crippen LogP contribution in [0, 0.1) is 0 Å². The highest BCUT2D eigenvalue weighted by Gasteiger charge is 2.09. The number of nitrogens with zero attached hydrogens (tertiary/aromatic N) is 1. The molecule has 3 aromatic rings. The Morgan fingerprint density at radius 3 is 2.46 bits per heavy atom. The lowest BCUT2D eigenvalue weighted by atomic mass is 10.1. The molecule has 0 atom stereocenters. The average Bonchev–Trinajstić information content (AvgIpc) is 3.19. The number of carbonyl (C=O) groups is 1. The number of rotatable bonds is 9. The second-order valence-corrected chi connectivity index (χ2v) is 6.27. The quantitative estimate of drug-likeness (QED) is 0.582. The van der Waals surface area contributed by atoms with Gasteiger partial charge in [0.1, 0.15) is 11.5 Å². The van der Waals surface area contributed by atoms with Crippen molar-refractivity contribution in [2.75, 3.05) is 19.0 Å². The Morgan fingerprint density at radius 2 is 1.79 bits per heavy atom. The first-order valence-electron chi connectivity index (χ1n) is 9.30. The van der Waals surface area contributed by atoms with E-state index in [1.807, 2.05) is 61.5 Å². The van der Waals surface area contributed by atoms with Crippen LogP contribution in [0.5, 0.6) is 11.5 Å². The third-order valence-electron chi connectivity index (χ3n) is 4.22. The molecule has 0 radical (unpaired) electrons. The topological polar surface area (TPSA) is 73.6 Å². The largest absolute Gasteiger partial charge is 0.497 e. The fourth-order valence-electron chi connectivity index (χ4n) is 2.78. The molecule has 0 bridgehead atoms. The molecule has 6 heteroatoms. The Bertz CT molecular complexity index is 886. The van der Waals surface area contributed by atoms with E-state index < -0.39 is 0 Å². The summed E-state index contributed by atoms with van der Waals surface area (Å²) in [7, 11) is 1.63. The zero-order valence-corrected chi connectivity index (χ0v) is 16.1. The van der Waals surface area contributed by atoms with Crippen LogP contribution in [-0.2, 0) is 11.2 Å². The van der Waals surface area contributed by atoms with Gasteiger partial charge in [0.25, 0.3) is 0 Å². The highest BCUT2D eigenvalue weighted by molar-refractivity contribution is 5.90. The fourth-order valence-corrected chi connectivity index (χ4v) is 2.78. The molecule has 1 N–H and O–H groups in total. The van der Waals surface area contributed by atoms with Gasteiger partial charge in [0, 0.05) is 23.7 Å². The Labute approximate surface area is 164 Å². The molecule has 0 aliphatic heterocycles. The maximum absolute atomic E-state index is 12.1. The number of methoxy groups -OCH3 is 1. The molecule has 28 heavy (non-hydrogen) atoms. The molecule has 1 amide bonds. The summed E-state index contributed by atoms with van der Waals surface area (Å²) in [5.74, 6) is 2.26. The number of aromatic nitrogens is 1. The van der Waals surface area contributed by atoms with Gasteiger partial charge in [-0.3, -0.25) is 4.79 Å². The minimum Gasteiger partial charge on any atom is -0.497 e. The van der Waals surface area contributed by atoms with Crippen LogP contribution in [0.25, 0.3) is 11.3 Å². The summed E-state index contributed by atoms with van der Waals surface area (Å²) in [6.07, 6.45) is 1.78. The highest BCUT2D eigenvalue weighted by Crippen LogP contribution is 2.23. The number of hydrogen-bond acceptors (Lipinski definition) is 5. The van der Waals surface area contributed by atoms with E-state index in [0.717, 1.165) is 28.4 Å². The lowest BCUT2D eigenvalue weighted by Crippen LogP contribution is -2.11. The SMILES string of the molecule is CCOc1ccc(NC(=O)CCCc2cc(-c3ccc(OC)cc3)on2)cc1. The second-order valence-electron chi connectivity index (χ2n) is 6.27. The van der Waals surface area contributed by atoms with Crippen molar-refractivity contribution < 1.29 is 18.8 Å². The van der Waals surface area contributed by atoms with Crippen molar-refractivity contribution in [2.24, 2.45) is 0 Å². The normalized spacial score (nSPS) is 10.5. The van der Waals surface area contributed by atoms with Crippen LogP contribution in [0.15, 0.2) is 59.1 Å². The van der Waals surface area contributed by atoms with Crippen LogP contribution in [0.1, 0.15) is 25.5 Å². The molecule has 0 aliphatic carbocycles. The van der Waals surface area contributed by atoms with Gasteiger partial charge in [0.15, 0.2) is 5.76 Å². The minimum absolute atomic E-state index is 0.0250. The highest BCUT2D eigenvalue weighted by atomic mass is 16.5. The zero-order valence-electron chi connectivity index (χ0n) is 16.1. The van der Waals surface area contributed by atoms with Crippen LogP contribution >= 0.6 is 0 Å². The van der Waals surface area contributed by atoms with Crippen molar-refractivity contribution in [3.05, 3.63) is 60.3 Å². The van der Waals surface area contributed by atoms with Crippen LogP contribution in [0.4, 0.5) is 5.69 Å². The van der Waals surface area contributed by atoms with Crippen LogP contribution in [0.3, 0.4) is 0 Å². The number of ether oxygens (including phenoxy) is 2. The first-order valence-corrected chi connectivity index (χ1v) is 9.30. The second kappa shape index (κ2) is 9.60. The molecule has 146 valence electrons. The Morgan fingerprint density at radius 1 is 1.07 bits per heavy atom. The molecule has 0 aliphatic rings. The van der Waals surface area contributed by atoms with E-state index in [1.165, 1.54) is 0 Å². The van der Waals surface area contributed by atoms with Crippen molar-refractivity contribution in [3.63, 3.8) is 0 Å². The van der Waals surface area contributed by atoms with E-state index in [4.69, 9.17) is 14.0 Å². The van der Waals surface area contributed by atoms with E-state index in [9.17, 15) is 4.79 Å². The fraction of sp³-hybridized carbons (Fsp3) is 0.273. The number of nitrogens with one attached hydrogen (secondary N) is 1. The van der Waals surface area contributed by atoms with Gasteiger partial charge in [-0.25, -0.2) is 0 Å². The van der Waals surface area contributed by atoms with Crippen molar-refractivity contribution in [3.8, 4) is 22.8 Å². The van der Waals surface area contributed by atoms with Gasteiger partial charge in [-0.1, -0.05) is 5.16 Å². The summed E-state index contributed by atoms with van der Waals surface area (Å²) in [5.41, 5.74) is 2.53. The number of aryl methyl sites for hydroxylation is 1. The molecule has 0 spiro atoms. The maximum Gasteiger partial charge on any atom is 0.224 e. The molecule has 1 aromatic heterocycles. The van der Waals surface area contributed by atoms with E-state index in [2.05, 4.69) is 10.5 Å². The first-order chi connectivity index (χ1) is 13.7. The molecule has 2 aromatic carbocycles. The monoisotopic (exact) mass is 380 g/mol. The number of benzene rings is 2. The number of amides is 1. The standard InChI is InChI=1S/C22H24N2O4/c1-3-27-20-13-9-17(10-14-20)23-22(25)6-4-5-18-15-21(28-24-18)16-7-11-19(26-2)12-8-16/h7-15H,3-6H2,1-2H3,(H,23,25). The van der Waals surface area contributed by atoms with Crippen LogP contribution in [0.2, 0.25) is 0 Å². The summed E-state index contributed by atoms with van der Waals surface area (Å²) < 4.78 is 16.0. The maximum atomic E-state index is 12.1. The Balaban J connectivity index is 1.45.